The maximum Gasteiger partial charge on any atom is 0.147 e. The van der Waals surface area contributed by atoms with Crippen molar-refractivity contribution < 1.29 is 9.84 Å². The summed E-state index contributed by atoms with van der Waals surface area (Å²) in [7, 11) is 1.99. The Bertz CT molecular complexity index is 1040. The Morgan fingerprint density at radius 3 is 2.42 bits per heavy atom. The van der Waals surface area contributed by atoms with Crippen molar-refractivity contribution in [2.75, 3.05) is 12.3 Å². The van der Waals surface area contributed by atoms with Gasteiger partial charge in [0.1, 0.15) is 17.2 Å². The van der Waals surface area contributed by atoms with Crippen molar-refractivity contribution in [3.63, 3.8) is 0 Å². The van der Waals surface area contributed by atoms with Crippen LogP contribution in [0.5, 0.6) is 0 Å². The monoisotopic (exact) mass is 425 g/mol. The molecular formula is C24H35N5O2. The van der Waals surface area contributed by atoms with Gasteiger partial charge >= 0.3 is 0 Å². The van der Waals surface area contributed by atoms with Gasteiger partial charge in [-0.05, 0) is 38.8 Å². The zero-order chi connectivity index (χ0) is 22.8. The van der Waals surface area contributed by atoms with E-state index in [1.807, 2.05) is 26.1 Å². The molecule has 168 valence electrons. The molecule has 0 radical (unpaired) electrons. The van der Waals surface area contributed by atoms with E-state index in [1.54, 1.807) is 0 Å². The number of nitrogens with two attached hydrogens (primary N) is 2. The average molecular weight is 426 g/mol. The molecular weight excluding hydrogens is 390 g/mol. The van der Waals surface area contributed by atoms with Crippen molar-refractivity contribution in [2.24, 2.45) is 18.2 Å². The lowest BCUT2D eigenvalue weighted by molar-refractivity contribution is 0.102. The van der Waals surface area contributed by atoms with Crippen LogP contribution in [0.1, 0.15) is 45.0 Å². The molecule has 31 heavy (non-hydrogen) atoms. The molecule has 2 aromatic heterocycles. The first-order valence-corrected chi connectivity index (χ1v) is 10.9. The number of anilines is 1. The van der Waals surface area contributed by atoms with E-state index in [0.29, 0.717) is 5.69 Å². The van der Waals surface area contributed by atoms with E-state index >= 15 is 0 Å². The Morgan fingerprint density at radius 2 is 1.90 bits per heavy atom. The van der Waals surface area contributed by atoms with Crippen LogP contribution in [0.3, 0.4) is 0 Å². The largest absolute Gasteiger partial charge is 0.390 e. The molecule has 0 unspecified atom stereocenters. The van der Waals surface area contributed by atoms with Crippen LogP contribution in [0.4, 0.5) is 5.82 Å². The van der Waals surface area contributed by atoms with Gasteiger partial charge in [-0.2, -0.15) is 0 Å². The minimum atomic E-state index is -0.212. The van der Waals surface area contributed by atoms with E-state index < -0.39 is 0 Å². The maximum atomic E-state index is 9.30. The summed E-state index contributed by atoms with van der Waals surface area (Å²) in [5.74, 6) is 0.285. The minimum absolute atomic E-state index is 0.212. The first-order valence-electron chi connectivity index (χ1n) is 10.9. The summed E-state index contributed by atoms with van der Waals surface area (Å²) in [6.45, 7) is 8.98. The van der Waals surface area contributed by atoms with E-state index in [9.17, 15) is 5.11 Å². The van der Waals surface area contributed by atoms with Crippen LogP contribution in [0.2, 0.25) is 0 Å². The first-order chi connectivity index (χ1) is 14.8. The molecule has 0 bridgehead atoms. The molecule has 4 rings (SSSR count). The standard InChI is InChI=1S/C15H16N4O.C9H19NO/c1-9-14(18-11(8-20)15(16)17-9)13-7-10-5-3-4-6-12(10)19(13)2;1-4-9(5-2)6-11-7(3)8(9)10/h3-7,20H,8H2,1-2H3,(H2,16,17);7-8H,4-6,10H2,1-3H3/t;7-,8+/m.0/s1. The Morgan fingerprint density at radius 1 is 1.23 bits per heavy atom. The van der Waals surface area contributed by atoms with Crippen LogP contribution < -0.4 is 11.5 Å². The zero-order valence-electron chi connectivity index (χ0n) is 19.2. The second-order valence-electron chi connectivity index (χ2n) is 8.41. The van der Waals surface area contributed by atoms with Gasteiger partial charge in [-0.1, -0.05) is 32.0 Å². The van der Waals surface area contributed by atoms with Crippen molar-refractivity contribution >= 4 is 16.7 Å². The smallest absolute Gasteiger partial charge is 0.147 e. The number of benzene rings is 1. The molecule has 7 nitrogen and oxygen atoms in total. The molecule has 3 aromatic rings. The molecule has 0 saturated carbocycles. The Balaban J connectivity index is 0.000000210. The molecule has 0 aliphatic carbocycles. The Hall–Kier alpha value is -2.48. The molecule has 0 spiro atoms. The molecule has 1 saturated heterocycles. The summed E-state index contributed by atoms with van der Waals surface area (Å²) in [4.78, 5) is 8.73. The van der Waals surface area contributed by atoms with E-state index in [1.165, 1.54) is 0 Å². The van der Waals surface area contributed by atoms with E-state index in [-0.39, 0.29) is 30.0 Å². The van der Waals surface area contributed by atoms with Gasteiger partial charge in [-0.15, -0.1) is 0 Å². The summed E-state index contributed by atoms with van der Waals surface area (Å²) in [5.41, 5.74) is 16.1. The van der Waals surface area contributed by atoms with Crippen molar-refractivity contribution in [3.05, 3.63) is 41.7 Å². The summed E-state index contributed by atoms with van der Waals surface area (Å²) < 4.78 is 7.61. The molecule has 7 heteroatoms. The number of aromatic nitrogens is 3. The Kier molecular flexibility index (Phi) is 6.99. The molecule has 1 aromatic carbocycles. The number of ether oxygens (including phenoxy) is 1. The van der Waals surface area contributed by atoms with Gasteiger partial charge < -0.3 is 25.9 Å². The number of aryl methyl sites for hydroxylation is 2. The number of para-hydroxylation sites is 1. The molecule has 5 N–H and O–H groups in total. The Labute approximate surface area is 184 Å². The number of nitrogens with zero attached hydrogens (tertiary/aromatic N) is 3. The van der Waals surface area contributed by atoms with Gasteiger partial charge in [-0.25, -0.2) is 9.97 Å². The van der Waals surface area contributed by atoms with Gasteiger partial charge in [-0.3, -0.25) is 0 Å². The van der Waals surface area contributed by atoms with Crippen LogP contribution in [0.15, 0.2) is 30.3 Å². The maximum absolute atomic E-state index is 9.30. The van der Waals surface area contributed by atoms with Gasteiger partial charge in [0.25, 0.3) is 0 Å². The fraction of sp³-hybridized carbons (Fsp3) is 0.500. The third-order valence-corrected chi connectivity index (χ3v) is 6.77. The molecule has 3 heterocycles. The van der Waals surface area contributed by atoms with Crippen LogP contribution in [-0.2, 0) is 18.4 Å². The second-order valence-corrected chi connectivity index (χ2v) is 8.41. The number of nitrogen functional groups attached to an aromatic ring is 1. The molecule has 0 amide bonds. The number of hydrogen-bond acceptors (Lipinski definition) is 6. The number of fused-ring (bicyclic) bond motifs is 1. The predicted octanol–water partition coefficient (Wildman–Crippen LogP) is 3.56. The quantitative estimate of drug-likeness (QED) is 0.589. The van der Waals surface area contributed by atoms with Crippen LogP contribution in [0, 0.1) is 12.3 Å². The fourth-order valence-electron chi connectivity index (χ4n) is 4.37. The summed E-state index contributed by atoms with van der Waals surface area (Å²) in [6.07, 6.45) is 2.51. The fourth-order valence-corrected chi connectivity index (χ4v) is 4.37. The normalized spacial score (nSPS) is 20.0. The van der Waals surface area contributed by atoms with Crippen LogP contribution in [-0.4, -0.2) is 38.4 Å². The van der Waals surface area contributed by atoms with Gasteiger partial charge in [0.2, 0.25) is 0 Å². The first kappa shape index (κ1) is 23.2. The highest BCUT2D eigenvalue weighted by molar-refractivity contribution is 5.86. The second kappa shape index (κ2) is 9.34. The molecule has 1 aliphatic rings. The highest BCUT2D eigenvalue weighted by atomic mass is 16.5. The lowest BCUT2D eigenvalue weighted by atomic mass is 9.77. The van der Waals surface area contributed by atoms with Crippen molar-refractivity contribution in [1.29, 1.82) is 0 Å². The summed E-state index contributed by atoms with van der Waals surface area (Å²) in [5, 5.41) is 10.4. The average Bonchev–Trinajstić information content (AvgIpc) is 3.26. The number of rotatable bonds is 4. The SMILES string of the molecule is CCC1(CC)CO[C@@H](C)[C@H]1N.Cc1nc(N)c(CO)nc1-c1cc2ccccc2n1C. The highest BCUT2D eigenvalue weighted by Crippen LogP contribution is 2.37. The third kappa shape index (κ3) is 4.31. The van der Waals surface area contributed by atoms with E-state index in [0.717, 1.165) is 47.4 Å². The predicted molar refractivity (Wildman–Crippen MR) is 125 cm³/mol. The summed E-state index contributed by atoms with van der Waals surface area (Å²) >= 11 is 0. The van der Waals surface area contributed by atoms with Crippen molar-refractivity contribution in [1.82, 2.24) is 14.5 Å². The topological polar surface area (TPSA) is 112 Å². The lowest BCUT2D eigenvalue weighted by Gasteiger charge is -2.29. The zero-order valence-corrected chi connectivity index (χ0v) is 19.2. The van der Waals surface area contributed by atoms with Gasteiger partial charge in [0.15, 0.2) is 0 Å². The molecule has 1 aliphatic heterocycles. The van der Waals surface area contributed by atoms with Gasteiger partial charge in [0.05, 0.1) is 30.7 Å². The van der Waals surface area contributed by atoms with Crippen LogP contribution >= 0.6 is 0 Å². The van der Waals surface area contributed by atoms with E-state index in [2.05, 4.69) is 53.5 Å². The third-order valence-electron chi connectivity index (χ3n) is 6.77. The summed E-state index contributed by atoms with van der Waals surface area (Å²) in [6, 6.07) is 10.4. The minimum Gasteiger partial charge on any atom is -0.390 e. The van der Waals surface area contributed by atoms with Gasteiger partial charge in [0, 0.05) is 29.4 Å². The molecule has 1 fully saturated rings. The number of aliphatic hydroxyl groups excluding tert-OH is 1. The highest BCUT2D eigenvalue weighted by Gasteiger charge is 2.42. The lowest BCUT2D eigenvalue weighted by Crippen LogP contribution is -2.42. The number of hydrogen-bond donors (Lipinski definition) is 3. The molecule has 2 atom stereocenters. The van der Waals surface area contributed by atoms with Crippen LogP contribution in [0.25, 0.3) is 22.3 Å². The van der Waals surface area contributed by atoms with Crippen molar-refractivity contribution in [2.45, 2.75) is 59.3 Å². The number of aliphatic hydroxyl groups is 1. The van der Waals surface area contributed by atoms with E-state index in [4.69, 9.17) is 16.2 Å². The van der Waals surface area contributed by atoms with Crippen molar-refractivity contribution in [3.8, 4) is 11.4 Å².